The summed E-state index contributed by atoms with van der Waals surface area (Å²) >= 11 is 5.80. The smallest absolute Gasteiger partial charge is 0.273 e. The molecule has 1 saturated heterocycles. The van der Waals surface area contributed by atoms with Gasteiger partial charge in [0.25, 0.3) is 5.69 Å². The Morgan fingerprint density at radius 1 is 1.11 bits per heavy atom. The van der Waals surface area contributed by atoms with E-state index in [-0.39, 0.29) is 17.8 Å². The highest BCUT2D eigenvalue weighted by Crippen LogP contribution is 2.44. The van der Waals surface area contributed by atoms with Gasteiger partial charge in [0.2, 0.25) is 0 Å². The van der Waals surface area contributed by atoms with Crippen molar-refractivity contribution >= 4 is 28.7 Å². The molecule has 0 radical (unpaired) electrons. The van der Waals surface area contributed by atoms with Crippen LogP contribution in [0.15, 0.2) is 83.4 Å². The molecule has 2 aromatic heterocycles. The van der Waals surface area contributed by atoms with E-state index in [9.17, 15) is 10.1 Å². The fourth-order valence-corrected chi connectivity index (χ4v) is 4.94. The summed E-state index contributed by atoms with van der Waals surface area (Å²) in [6, 6.07) is 21.8. The van der Waals surface area contributed by atoms with Crippen LogP contribution in [-0.2, 0) is 0 Å². The second kappa shape index (κ2) is 10.0. The Morgan fingerprint density at radius 3 is 2.54 bits per heavy atom. The van der Waals surface area contributed by atoms with Gasteiger partial charge in [0.05, 0.1) is 35.4 Å². The Balaban J connectivity index is 1.58. The van der Waals surface area contributed by atoms with Crippen LogP contribution in [0, 0.1) is 10.1 Å². The van der Waals surface area contributed by atoms with Crippen LogP contribution in [0.5, 0.6) is 5.75 Å². The fourth-order valence-electron chi connectivity index (χ4n) is 4.60. The molecule has 1 aliphatic heterocycles. The number of hydrogen-bond donors (Lipinski definition) is 1. The minimum atomic E-state index is -0.453. The Bertz CT molecular complexity index is 1440. The molecule has 3 heterocycles. The van der Waals surface area contributed by atoms with E-state index in [0.29, 0.717) is 33.9 Å². The molecule has 0 saturated carbocycles. The summed E-state index contributed by atoms with van der Waals surface area (Å²) in [5.41, 5.74) is 3.59. The number of pyridine rings is 1. The van der Waals surface area contributed by atoms with Gasteiger partial charge in [-0.15, -0.1) is 0 Å². The van der Waals surface area contributed by atoms with E-state index in [1.54, 1.807) is 12.3 Å². The van der Waals surface area contributed by atoms with Crippen LogP contribution in [0.4, 0.5) is 11.4 Å². The molecule has 0 bridgehead atoms. The lowest BCUT2D eigenvalue weighted by atomic mass is 10.0. The van der Waals surface area contributed by atoms with Gasteiger partial charge in [0, 0.05) is 18.0 Å². The molecule has 5 rings (SSSR count). The van der Waals surface area contributed by atoms with Crippen LogP contribution < -0.4 is 15.0 Å². The first-order valence-electron chi connectivity index (χ1n) is 11.9. The van der Waals surface area contributed by atoms with E-state index < -0.39 is 4.92 Å². The first-order valence-corrected chi connectivity index (χ1v) is 12.3. The number of methoxy groups -OCH3 is 1. The van der Waals surface area contributed by atoms with E-state index in [2.05, 4.69) is 53.3 Å². The number of rotatable bonds is 7. The maximum absolute atomic E-state index is 11.2. The number of ether oxygens (including phenoxy) is 1. The zero-order valence-corrected chi connectivity index (χ0v) is 21.4. The van der Waals surface area contributed by atoms with Crippen molar-refractivity contribution in [2.45, 2.75) is 31.8 Å². The van der Waals surface area contributed by atoms with Crippen molar-refractivity contribution in [3.63, 3.8) is 0 Å². The highest BCUT2D eigenvalue weighted by atomic mass is 32.1. The van der Waals surface area contributed by atoms with Gasteiger partial charge in [-0.2, -0.15) is 0 Å². The maximum atomic E-state index is 11.2. The van der Waals surface area contributed by atoms with Gasteiger partial charge < -0.3 is 19.4 Å². The van der Waals surface area contributed by atoms with Gasteiger partial charge in [-0.1, -0.05) is 32.0 Å². The zero-order valence-electron chi connectivity index (χ0n) is 20.6. The Hall–Kier alpha value is -4.24. The Kier molecular flexibility index (Phi) is 6.62. The maximum Gasteiger partial charge on any atom is 0.273 e. The molecule has 8 nitrogen and oxygen atoms in total. The third-order valence-electron chi connectivity index (χ3n) is 6.52. The normalized spacial score (nSPS) is 17.2. The van der Waals surface area contributed by atoms with Crippen LogP contribution in [0.3, 0.4) is 0 Å². The van der Waals surface area contributed by atoms with Gasteiger partial charge in [0.1, 0.15) is 23.3 Å². The molecule has 1 aliphatic rings. The van der Waals surface area contributed by atoms with Gasteiger partial charge in [-0.3, -0.25) is 15.1 Å². The highest BCUT2D eigenvalue weighted by molar-refractivity contribution is 7.80. The van der Waals surface area contributed by atoms with Crippen molar-refractivity contribution in [2.24, 2.45) is 0 Å². The first kappa shape index (κ1) is 24.5. The predicted octanol–water partition coefficient (Wildman–Crippen LogP) is 6.56. The van der Waals surface area contributed by atoms with E-state index in [1.807, 2.05) is 30.3 Å². The Morgan fingerprint density at radius 2 is 1.89 bits per heavy atom. The molecule has 188 valence electrons. The monoisotopic (exact) mass is 514 g/mol. The molecule has 37 heavy (non-hydrogen) atoms. The molecule has 4 aromatic rings. The number of nitro groups is 1. The third-order valence-corrected chi connectivity index (χ3v) is 6.83. The van der Waals surface area contributed by atoms with Crippen LogP contribution in [0.25, 0.3) is 11.3 Å². The number of nitrogens with zero attached hydrogens (tertiary/aromatic N) is 3. The molecular formula is C28H26N4O4S. The summed E-state index contributed by atoms with van der Waals surface area (Å²) in [5, 5.41) is 15.2. The molecular weight excluding hydrogens is 488 g/mol. The SMILES string of the molecule is COc1cc([N+](=O)[O-])ccc1-c1ccc([C@@H]2[C@H](c3ccccn3)NC(=S)N2c2ccc(C(C)C)cc2)o1. The molecule has 2 atom stereocenters. The predicted molar refractivity (Wildman–Crippen MR) is 146 cm³/mol. The largest absolute Gasteiger partial charge is 0.496 e. The van der Waals surface area contributed by atoms with E-state index >= 15 is 0 Å². The lowest BCUT2D eigenvalue weighted by Gasteiger charge is -2.26. The fraction of sp³-hybridized carbons (Fsp3) is 0.214. The van der Waals surface area contributed by atoms with Gasteiger partial charge in [-0.25, -0.2) is 0 Å². The van der Waals surface area contributed by atoms with Crippen LogP contribution in [-0.4, -0.2) is 22.1 Å². The summed E-state index contributed by atoms with van der Waals surface area (Å²) in [5.74, 6) is 1.98. The number of thiocarbonyl (C=S) groups is 1. The molecule has 1 N–H and O–H groups in total. The molecule has 1 fully saturated rings. The summed E-state index contributed by atoms with van der Waals surface area (Å²) in [7, 11) is 1.48. The lowest BCUT2D eigenvalue weighted by Crippen LogP contribution is -2.29. The number of hydrogen-bond acceptors (Lipinski definition) is 6. The van der Waals surface area contributed by atoms with Crippen molar-refractivity contribution in [3.05, 3.63) is 106 Å². The van der Waals surface area contributed by atoms with Crippen molar-refractivity contribution in [3.8, 4) is 17.1 Å². The minimum Gasteiger partial charge on any atom is -0.496 e. The van der Waals surface area contributed by atoms with Gasteiger partial charge >= 0.3 is 0 Å². The summed E-state index contributed by atoms with van der Waals surface area (Å²) in [6.45, 7) is 4.32. The lowest BCUT2D eigenvalue weighted by molar-refractivity contribution is -0.384. The average molecular weight is 515 g/mol. The van der Waals surface area contributed by atoms with Crippen molar-refractivity contribution < 1.29 is 14.1 Å². The quantitative estimate of drug-likeness (QED) is 0.168. The molecule has 9 heteroatoms. The number of aromatic nitrogens is 1. The molecule has 0 amide bonds. The molecule has 0 spiro atoms. The summed E-state index contributed by atoms with van der Waals surface area (Å²) in [4.78, 5) is 17.4. The molecule has 0 unspecified atom stereocenters. The minimum absolute atomic E-state index is 0.0519. The number of nitro benzene ring substituents is 1. The second-order valence-electron chi connectivity index (χ2n) is 9.09. The average Bonchev–Trinajstić information content (AvgIpc) is 3.53. The van der Waals surface area contributed by atoms with Crippen molar-refractivity contribution in [1.82, 2.24) is 10.3 Å². The van der Waals surface area contributed by atoms with Crippen molar-refractivity contribution in [1.29, 1.82) is 0 Å². The first-order chi connectivity index (χ1) is 17.9. The number of nitrogens with one attached hydrogen (secondary N) is 1. The standard InChI is InChI=1S/C28H26N4O4S/c1-17(2)18-7-9-19(10-8-18)31-27(26(30-28(31)37)22-6-4-5-15-29-22)24-14-13-23(36-24)21-12-11-20(32(33)34)16-25(21)35-3/h4-17,26-27H,1-3H3,(H,30,37)/t26-,27+/m0/s1. The number of furan rings is 1. The third kappa shape index (κ3) is 4.65. The Labute approximate surface area is 220 Å². The summed E-state index contributed by atoms with van der Waals surface area (Å²) < 4.78 is 11.8. The number of benzene rings is 2. The van der Waals surface area contributed by atoms with Crippen molar-refractivity contribution in [2.75, 3.05) is 12.0 Å². The van der Waals surface area contributed by atoms with Crippen LogP contribution in [0.1, 0.15) is 48.9 Å². The van der Waals surface area contributed by atoms with E-state index in [0.717, 1.165) is 11.4 Å². The molecule has 2 aromatic carbocycles. The van der Waals surface area contributed by atoms with Gasteiger partial charge in [-0.05, 0) is 66.2 Å². The summed E-state index contributed by atoms with van der Waals surface area (Å²) in [6.07, 6.45) is 1.76. The zero-order chi connectivity index (χ0) is 26.1. The van der Waals surface area contributed by atoms with E-state index in [1.165, 1.54) is 24.8 Å². The van der Waals surface area contributed by atoms with E-state index in [4.69, 9.17) is 21.4 Å². The second-order valence-corrected chi connectivity index (χ2v) is 9.47. The van der Waals surface area contributed by atoms with Crippen LogP contribution >= 0.6 is 12.2 Å². The number of anilines is 1. The molecule has 0 aliphatic carbocycles. The van der Waals surface area contributed by atoms with Crippen LogP contribution in [0.2, 0.25) is 0 Å². The number of non-ortho nitro benzene ring substituents is 1. The highest BCUT2D eigenvalue weighted by Gasteiger charge is 2.42. The topological polar surface area (TPSA) is 93.7 Å². The van der Waals surface area contributed by atoms with Gasteiger partial charge in [0.15, 0.2) is 5.11 Å².